The lowest BCUT2D eigenvalue weighted by Crippen LogP contribution is -2.36. The van der Waals surface area contributed by atoms with Crippen LogP contribution in [0, 0.1) is 0 Å². The Labute approximate surface area is 158 Å². The third-order valence-electron chi connectivity index (χ3n) is 4.08. The van der Waals surface area contributed by atoms with Gasteiger partial charge < -0.3 is 18.8 Å². The number of hydrogen-bond acceptors (Lipinski definition) is 7. The van der Waals surface area contributed by atoms with E-state index in [9.17, 15) is 5.11 Å². The summed E-state index contributed by atoms with van der Waals surface area (Å²) < 4.78 is 16.1. The predicted molar refractivity (Wildman–Crippen MR) is 99.9 cm³/mol. The van der Waals surface area contributed by atoms with Crippen LogP contribution in [0.15, 0.2) is 57.7 Å². The summed E-state index contributed by atoms with van der Waals surface area (Å²) in [5, 5.41) is 14.2. The molecule has 7 nitrogen and oxygen atoms in total. The van der Waals surface area contributed by atoms with E-state index in [1.807, 2.05) is 49.4 Å². The van der Waals surface area contributed by atoms with Gasteiger partial charge in [-0.3, -0.25) is 4.90 Å². The monoisotopic (exact) mass is 371 g/mol. The second-order valence-electron chi connectivity index (χ2n) is 6.26. The Morgan fingerprint density at radius 3 is 2.78 bits per heavy atom. The van der Waals surface area contributed by atoms with Gasteiger partial charge in [0.05, 0.1) is 25.5 Å². The molecule has 7 heteroatoms. The number of rotatable bonds is 11. The number of benzene rings is 1. The van der Waals surface area contributed by atoms with Crippen LogP contribution in [0.5, 0.6) is 0 Å². The molecule has 0 radical (unpaired) electrons. The van der Waals surface area contributed by atoms with Crippen LogP contribution in [0.4, 0.5) is 0 Å². The SMILES string of the molecule is CCOCC(O)CN(CCc1nc(-c2ccccc2)no1)Cc1ccco1. The second-order valence-corrected chi connectivity index (χ2v) is 6.26. The van der Waals surface area contributed by atoms with Gasteiger partial charge in [0, 0.05) is 31.7 Å². The Hall–Kier alpha value is -2.48. The molecular weight excluding hydrogens is 346 g/mol. The number of furan rings is 1. The highest BCUT2D eigenvalue weighted by Gasteiger charge is 2.16. The van der Waals surface area contributed by atoms with E-state index < -0.39 is 6.10 Å². The number of hydrogen-bond donors (Lipinski definition) is 1. The molecular formula is C20H25N3O4. The van der Waals surface area contributed by atoms with Gasteiger partial charge in [-0.25, -0.2) is 0 Å². The van der Waals surface area contributed by atoms with Crippen molar-refractivity contribution in [3.8, 4) is 11.4 Å². The molecule has 144 valence electrons. The lowest BCUT2D eigenvalue weighted by Gasteiger charge is -2.23. The molecule has 2 aromatic heterocycles. The lowest BCUT2D eigenvalue weighted by molar-refractivity contribution is 0.0183. The van der Waals surface area contributed by atoms with Crippen molar-refractivity contribution in [2.24, 2.45) is 0 Å². The maximum atomic E-state index is 10.2. The zero-order valence-electron chi connectivity index (χ0n) is 15.5. The van der Waals surface area contributed by atoms with Crippen molar-refractivity contribution >= 4 is 0 Å². The van der Waals surface area contributed by atoms with Gasteiger partial charge in [0.1, 0.15) is 5.76 Å². The molecule has 0 saturated heterocycles. The van der Waals surface area contributed by atoms with Crippen LogP contribution in [0.2, 0.25) is 0 Å². The van der Waals surface area contributed by atoms with Gasteiger partial charge >= 0.3 is 0 Å². The minimum Gasteiger partial charge on any atom is -0.468 e. The van der Waals surface area contributed by atoms with Gasteiger partial charge in [-0.05, 0) is 19.1 Å². The first-order valence-electron chi connectivity index (χ1n) is 9.13. The molecule has 3 aromatic rings. The van der Waals surface area contributed by atoms with E-state index in [0.29, 0.717) is 51.0 Å². The summed E-state index contributed by atoms with van der Waals surface area (Å²) in [7, 11) is 0. The molecule has 1 atom stereocenters. The van der Waals surface area contributed by atoms with Gasteiger partial charge in [0.25, 0.3) is 0 Å². The van der Waals surface area contributed by atoms with Crippen molar-refractivity contribution in [3.63, 3.8) is 0 Å². The molecule has 1 unspecified atom stereocenters. The van der Waals surface area contributed by atoms with Crippen molar-refractivity contribution < 1.29 is 18.8 Å². The van der Waals surface area contributed by atoms with Gasteiger partial charge in [-0.2, -0.15) is 4.98 Å². The molecule has 0 aliphatic carbocycles. The van der Waals surface area contributed by atoms with Crippen molar-refractivity contribution in [2.45, 2.75) is 26.0 Å². The van der Waals surface area contributed by atoms with Crippen LogP contribution in [0.25, 0.3) is 11.4 Å². The van der Waals surface area contributed by atoms with E-state index in [1.165, 1.54) is 0 Å². The molecule has 0 bridgehead atoms. The van der Waals surface area contributed by atoms with E-state index in [-0.39, 0.29) is 0 Å². The first-order chi connectivity index (χ1) is 13.2. The predicted octanol–water partition coefficient (Wildman–Crippen LogP) is 2.77. The quantitative estimate of drug-likeness (QED) is 0.555. The van der Waals surface area contributed by atoms with Gasteiger partial charge in [0.2, 0.25) is 11.7 Å². The molecule has 0 spiro atoms. The first-order valence-corrected chi connectivity index (χ1v) is 9.13. The molecule has 0 amide bonds. The average molecular weight is 371 g/mol. The van der Waals surface area contributed by atoms with Crippen molar-refractivity contribution in [2.75, 3.05) is 26.3 Å². The standard InChI is InChI=1S/C20H25N3O4/c1-2-25-15-17(24)13-23(14-18-9-6-12-26-18)11-10-19-21-20(22-27-19)16-7-4-3-5-8-16/h3-9,12,17,24H,2,10-11,13-15H2,1H3. The number of aliphatic hydroxyl groups excluding tert-OH is 1. The van der Waals surface area contributed by atoms with E-state index in [4.69, 9.17) is 13.7 Å². The van der Waals surface area contributed by atoms with Crippen LogP contribution >= 0.6 is 0 Å². The normalized spacial score (nSPS) is 12.6. The molecule has 2 heterocycles. The summed E-state index contributed by atoms with van der Waals surface area (Å²) >= 11 is 0. The van der Waals surface area contributed by atoms with E-state index >= 15 is 0 Å². The van der Waals surface area contributed by atoms with E-state index in [2.05, 4.69) is 15.0 Å². The third-order valence-corrected chi connectivity index (χ3v) is 4.08. The number of aromatic nitrogens is 2. The maximum Gasteiger partial charge on any atom is 0.228 e. The van der Waals surface area contributed by atoms with Crippen LogP contribution in [-0.2, 0) is 17.7 Å². The number of nitrogens with zero attached hydrogens (tertiary/aromatic N) is 3. The molecule has 0 aliphatic rings. The molecule has 3 rings (SSSR count). The first kappa shape index (κ1) is 19.3. The summed E-state index contributed by atoms with van der Waals surface area (Å²) in [6.07, 6.45) is 1.67. The van der Waals surface area contributed by atoms with Gasteiger partial charge in [0.15, 0.2) is 0 Å². The molecule has 0 saturated carbocycles. The lowest BCUT2D eigenvalue weighted by atomic mass is 10.2. The minimum atomic E-state index is -0.567. The second kappa shape index (κ2) is 10.0. The Balaban J connectivity index is 1.59. The van der Waals surface area contributed by atoms with Crippen molar-refractivity contribution in [1.29, 1.82) is 0 Å². The Morgan fingerprint density at radius 2 is 2.04 bits per heavy atom. The van der Waals surface area contributed by atoms with E-state index in [1.54, 1.807) is 6.26 Å². The highest BCUT2D eigenvalue weighted by atomic mass is 16.5. The Bertz CT molecular complexity index is 774. The van der Waals surface area contributed by atoms with Crippen LogP contribution in [0.3, 0.4) is 0 Å². The Kier molecular flexibility index (Phi) is 7.15. The molecule has 0 fully saturated rings. The van der Waals surface area contributed by atoms with Crippen molar-refractivity contribution in [1.82, 2.24) is 15.0 Å². The molecule has 27 heavy (non-hydrogen) atoms. The maximum absolute atomic E-state index is 10.2. The summed E-state index contributed by atoms with van der Waals surface area (Å²) in [5.74, 6) is 1.99. The largest absolute Gasteiger partial charge is 0.468 e. The zero-order chi connectivity index (χ0) is 18.9. The summed E-state index contributed by atoms with van der Waals surface area (Å²) in [4.78, 5) is 6.56. The third kappa shape index (κ3) is 6.02. The fraction of sp³-hybridized carbons (Fsp3) is 0.400. The number of ether oxygens (including phenoxy) is 1. The minimum absolute atomic E-state index is 0.309. The molecule has 1 aromatic carbocycles. The fourth-order valence-electron chi connectivity index (χ4n) is 2.78. The highest BCUT2D eigenvalue weighted by Crippen LogP contribution is 2.15. The summed E-state index contributed by atoms with van der Waals surface area (Å²) in [6, 6.07) is 13.5. The topological polar surface area (TPSA) is 84.8 Å². The zero-order valence-corrected chi connectivity index (χ0v) is 15.5. The summed E-state index contributed by atoms with van der Waals surface area (Å²) in [6.45, 7) is 4.52. The van der Waals surface area contributed by atoms with Crippen LogP contribution in [0.1, 0.15) is 18.6 Å². The fourth-order valence-corrected chi connectivity index (χ4v) is 2.78. The Morgan fingerprint density at radius 1 is 1.19 bits per heavy atom. The van der Waals surface area contributed by atoms with Crippen molar-refractivity contribution in [3.05, 3.63) is 60.4 Å². The van der Waals surface area contributed by atoms with Gasteiger partial charge in [-0.1, -0.05) is 35.5 Å². The average Bonchev–Trinajstić information content (AvgIpc) is 3.37. The smallest absolute Gasteiger partial charge is 0.228 e. The van der Waals surface area contributed by atoms with Crippen LogP contribution < -0.4 is 0 Å². The number of aliphatic hydroxyl groups is 1. The molecule has 1 N–H and O–H groups in total. The highest BCUT2D eigenvalue weighted by molar-refractivity contribution is 5.53. The van der Waals surface area contributed by atoms with Gasteiger partial charge in [-0.15, -0.1) is 0 Å². The summed E-state index contributed by atoms with van der Waals surface area (Å²) in [5.41, 5.74) is 0.923. The van der Waals surface area contributed by atoms with E-state index in [0.717, 1.165) is 11.3 Å². The van der Waals surface area contributed by atoms with Crippen LogP contribution in [-0.4, -0.2) is 52.6 Å². The molecule has 0 aliphatic heterocycles.